The van der Waals surface area contributed by atoms with E-state index in [9.17, 15) is 4.79 Å². The van der Waals surface area contributed by atoms with Gasteiger partial charge in [-0.3, -0.25) is 4.79 Å². The summed E-state index contributed by atoms with van der Waals surface area (Å²) in [6.45, 7) is 5.47. The normalized spacial score (nSPS) is 21.0. The van der Waals surface area contributed by atoms with E-state index in [-0.39, 0.29) is 11.4 Å². The summed E-state index contributed by atoms with van der Waals surface area (Å²) < 4.78 is 5.30. The van der Waals surface area contributed by atoms with Gasteiger partial charge in [-0.05, 0) is 32.3 Å². The molecule has 1 N–H and O–H groups in total. The van der Waals surface area contributed by atoms with Crippen molar-refractivity contribution in [2.24, 2.45) is 0 Å². The van der Waals surface area contributed by atoms with Gasteiger partial charge in [0.15, 0.2) is 0 Å². The zero-order chi connectivity index (χ0) is 10.4. The lowest BCUT2D eigenvalue weighted by molar-refractivity contribution is -0.119. The molecule has 0 unspecified atom stereocenters. The van der Waals surface area contributed by atoms with E-state index < -0.39 is 0 Å². The summed E-state index contributed by atoms with van der Waals surface area (Å²) in [5.74, 6) is 0.0104. The van der Waals surface area contributed by atoms with Gasteiger partial charge in [-0.15, -0.1) is 0 Å². The molecule has 80 valence electrons. The second-order valence-corrected chi connectivity index (χ2v) is 3.74. The molecule has 1 amide bonds. The van der Waals surface area contributed by atoms with E-state index in [0.29, 0.717) is 0 Å². The molecule has 1 rings (SSSR count). The van der Waals surface area contributed by atoms with Crippen LogP contribution in [0.3, 0.4) is 0 Å². The third kappa shape index (κ3) is 2.84. The minimum Gasteiger partial charge on any atom is -0.381 e. The first-order valence-electron chi connectivity index (χ1n) is 5.25. The molecule has 1 fully saturated rings. The predicted octanol–water partition coefficient (Wildman–Crippen LogP) is 1.64. The summed E-state index contributed by atoms with van der Waals surface area (Å²) in [7, 11) is 0. The second-order valence-electron chi connectivity index (χ2n) is 3.74. The van der Waals surface area contributed by atoms with E-state index in [4.69, 9.17) is 4.74 Å². The van der Waals surface area contributed by atoms with E-state index >= 15 is 0 Å². The SMILES string of the molecule is C/C=C/C(=O)NC1(CC)CCOCC1. The molecule has 0 aromatic heterocycles. The monoisotopic (exact) mass is 197 g/mol. The second kappa shape index (κ2) is 5.15. The summed E-state index contributed by atoms with van der Waals surface area (Å²) >= 11 is 0. The van der Waals surface area contributed by atoms with E-state index in [1.165, 1.54) is 0 Å². The number of hydrogen-bond acceptors (Lipinski definition) is 2. The standard InChI is InChI=1S/C11H19NO2/c1-3-5-10(13)12-11(4-2)6-8-14-9-7-11/h3,5H,4,6-9H2,1-2H3,(H,12,13)/b5-3+. The van der Waals surface area contributed by atoms with Crippen LogP contribution in [-0.4, -0.2) is 24.7 Å². The Morgan fingerprint density at radius 1 is 1.50 bits per heavy atom. The molecule has 0 atom stereocenters. The molecule has 0 spiro atoms. The van der Waals surface area contributed by atoms with Crippen molar-refractivity contribution in [1.29, 1.82) is 0 Å². The summed E-state index contributed by atoms with van der Waals surface area (Å²) in [5, 5.41) is 3.08. The molecule has 14 heavy (non-hydrogen) atoms. The van der Waals surface area contributed by atoms with Gasteiger partial charge in [0.25, 0.3) is 0 Å². The molecule has 1 aliphatic heterocycles. The molecule has 0 radical (unpaired) electrons. The van der Waals surface area contributed by atoms with Crippen molar-refractivity contribution in [3.63, 3.8) is 0 Å². The molecule has 0 saturated carbocycles. The van der Waals surface area contributed by atoms with Crippen LogP contribution in [0.2, 0.25) is 0 Å². The quantitative estimate of drug-likeness (QED) is 0.698. The Morgan fingerprint density at radius 3 is 2.64 bits per heavy atom. The van der Waals surface area contributed by atoms with Crippen LogP contribution in [0, 0.1) is 0 Å². The fourth-order valence-corrected chi connectivity index (χ4v) is 1.78. The van der Waals surface area contributed by atoms with Crippen LogP contribution >= 0.6 is 0 Å². The fraction of sp³-hybridized carbons (Fsp3) is 0.727. The first-order chi connectivity index (χ1) is 6.72. The lowest BCUT2D eigenvalue weighted by atomic mass is 9.87. The van der Waals surface area contributed by atoms with Gasteiger partial charge in [-0.1, -0.05) is 13.0 Å². The van der Waals surface area contributed by atoms with Crippen LogP contribution in [0.15, 0.2) is 12.2 Å². The van der Waals surface area contributed by atoms with Crippen LogP contribution < -0.4 is 5.32 Å². The number of hydrogen-bond donors (Lipinski definition) is 1. The molecule has 3 heteroatoms. The molecular weight excluding hydrogens is 178 g/mol. The maximum absolute atomic E-state index is 11.4. The van der Waals surface area contributed by atoms with Gasteiger partial charge >= 0.3 is 0 Å². The molecule has 0 bridgehead atoms. The summed E-state index contributed by atoms with van der Waals surface area (Å²) in [6.07, 6.45) is 6.16. The maximum Gasteiger partial charge on any atom is 0.244 e. The molecule has 0 aromatic rings. The minimum absolute atomic E-state index is 0.0104. The van der Waals surface area contributed by atoms with E-state index in [1.54, 1.807) is 12.2 Å². The summed E-state index contributed by atoms with van der Waals surface area (Å²) in [6, 6.07) is 0. The highest BCUT2D eigenvalue weighted by atomic mass is 16.5. The highest BCUT2D eigenvalue weighted by molar-refractivity contribution is 5.88. The number of rotatable bonds is 3. The predicted molar refractivity (Wildman–Crippen MR) is 56.0 cm³/mol. The zero-order valence-corrected chi connectivity index (χ0v) is 9.01. The van der Waals surface area contributed by atoms with Gasteiger partial charge in [0.05, 0.1) is 0 Å². The van der Waals surface area contributed by atoms with E-state index in [2.05, 4.69) is 12.2 Å². The number of carbonyl (C=O) groups excluding carboxylic acids is 1. The van der Waals surface area contributed by atoms with Crippen molar-refractivity contribution in [1.82, 2.24) is 5.32 Å². The average Bonchev–Trinajstić information content (AvgIpc) is 2.19. The van der Waals surface area contributed by atoms with Crippen molar-refractivity contribution in [3.8, 4) is 0 Å². The average molecular weight is 197 g/mol. The Bertz CT molecular complexity index is 217. The van der Waals surface area contributed by atoms with Gasteiger partial charge in [0.1, 0.15) is 0 Å². The van der Waals surface area contributed by atoms with Gasteiger partial charge in [-0.2, -0.15) is 0 Å². The summed E-state index contributed by atoms with van der Waals surface area (Å²) in [5.41, 5.74) is -0.0329. The number of carbonyl (C=O) groups is 1. The Morgan fingerprint density at radius 2 is 2.14 bits per heavy atom. The Hall–Kier alpha value is -0.830. The maximum atomic E-state index is 11.4. The molecular formula is C11H19NO2. The Balaban J connectivity index is 2.55. The smallest absolute Gasteiger partial charge is 0.244 e. The highest BCUT2D eigenvalue weighted by Gasteiger charge is 2.31. The van der Waals surface area contributed by atoms with Crippen LogP contribution in [0.25, 0.3) is 0 Å². The molecule has 0 aliphatic carbocycles. The van der Waals surface area contributed by atoms with Gasteiger partial charge in [-0.25, -0.2) is 0 Å². The fourth-order valence-electron chi connectivity index (χ4n) is 1.78. The Kier molecular flexibility index (Phi) is 4.14. The molecule has 1 saturated heterocycles. The zero-order valence-electron chi connectivity index (χ0n) is 9.01. The molecule has 0 aromatic carbocycles. The minimum atomic E-state index is -0.0329. The first-order valence-corrected chi connectivity index (χ1v) is 5.25. The third-order valence-corrected chi connectivity index (χ3v) is 2.83. The van der Waals surface area contributed by atoms with Crippen molar-refractivity contribution >= 4 is 5.91 Å². The van der Waals surface area contributed by atoms with E-state index in [0.717, 1.165) is 32.5 Å². The summed E-state index contributed by atoms with van der Waals surface area (Å²) in [4.78, 5) is 11.4. The van der Waals surface area contributed by atoms with Crippen molar-refractivity contribution < 1.29 is 9.53 Å². The van der Waals surface area contributed by atoms with Crippen LogP contribution in [0.5, 0.6) is 0 Å². The van der Waals surface area contributed by atoms with Crippen LogP contribution in [0.1, 0.15) is 33.1 Å². The highest BCUT2D eigenvalue weighted by Crippen LogP contribution is 2.23. The topological polar surface area (TPSA) is 38.3 Å². The number of amides is 1. The molecule has 3 nitrogen and oxygen atoms in total. The third-order valence-electron chi connectivity index (χ3n) is 2.83. The van der Waals surface area contributed by atoms with Crippen LogP contribution in [-0.2, 0) is 9.53 Å². The van der Waals surface area contributed by atoms with Crippen molar-refractivity contribution in [2.75, 3.05) is 13.2 Å². The van der Waals surface area contributed by atoms with Crippen molar-refractivity contribution in [3.05, 3.63) is 12.2 Å². The van der Waals surface area contributed by atoms with E-state index in [1.807, 2.05) is 6.92 Å². The van der Waals surface area contributed by atoms with Crippen molar-refractivity contribution in [2.45, 2.75) is 38.6 Å². The van der Waals surface area contributed by atoms with Gasteiger partial charge in [0.2, 0.25) is 5.91 Å². The number of allylic oxidation sites excluding steroid dienone is 1. The first kappa shape index (κ1) is 11.2. The largest absolute Gasteiger partial charge is 0.381 e. The van der Waals surface area contributed by atoms with Gasteiger partial charge in [0, 0.05) is 18.8 Å². The lowest BCUT2D eigenvalue weighted by Crippen LogP contribution is -2.51. The van der Waals surface area contributed by atoms with Gasteiger partial charge < -0.3 is 10.1 Å². The molecule has 1 heterocycles. The Labute approximate surface area is 85.5 Å². The molecule has 1 aliphatic rings. The number of nitrogens with one attached hydrogen (secondary N) is 1. The van der Waals surface area contributed by atoms with Crippen LogP contribution in [0.4, 0.5) is 0 Å². The lowest BCUT2D eigenvalue weighted by Gasteiger charge is -2.36. The number of ether oxygens (including phenoxy) is 1.